The standard InChI is InChI=1S/C5H7Cl2/c1-4(2)5(7)3-6/h3-4H,1H2,2H3. The van der Waals surface area contributed by atoms with Crippen LogP contribution in [0.2, 0.25) is 0 Å². The lowest BCUT2D eigenvalue weighted by Gasteiger charge is -1.96. The van der Waals surface area contributed by atoms with Crippen LogP contribution in [-0.4, -0.2) is 0 Å². The third kappa shape index (κ3) is 2.95. The molecule has 0 aromatic carbocycles. The van der Waals surface area contributed by atoms with E-state index in [0.717, 1.165) is 0 Å². The van der Waals surface area contributed by atoms with E-state index >= 15 is 0 Å². The predicted octanol–water partition coefficient (Wildman–Crippen LogP) is 2.78. The molecule has 1 atom stereocenters. The van der Waals surface area contributed by atoms with Crippen molar-refractivity contribution in [1.82, 2.24) is 0 Å². The normalized spacial score (nSPS) is 13.0. The van der Waals surface area contributed by atoms with Crippen LogP contribution in [0.1, 0.15) is 6.92 Å². The van der Waals surface area contributed by atoms with E-state index < -0.39 is 0 Å². The van der Waals surface area contributed by atoms with Crippen LogP contribution >= 0.6 is 23.2 Å². The highest BCUT2D eigenvalue weighted by Gasteiger charge is 1.94. The van der Waals surface area contributed by atoms with Crippen LogP contribution in [0.15, 0.2) is 10.6 Å². The molecule has 0 aromatic heterocycles. The number of allylic oxidation sites excluding steroid dienone is 1. The summed E-state index contributed by atoms with van der Waals surface area (Å²) in [5.41, 5.74) is 1.33. The summed E-state index contributed by atoms with van der Waals surface area (Å²) in [5.74, 6) is 0.110. The van der Waals surface area contributed by atoms with Crippen molar-refractivity contribution in [1.29, 1.82) is 0 Å². The Morgan fingerprint density at radius 1 is 1.86 bits per heavy atom. The molecule has 1 radical (unpaired) electrons. The number of rotatable bonds is 1. The molecule has 0 nitrogen and oxygen atoms in total. The molecule has 1 unspecified atom stereocenters. The van der Waals surface area contributed by atoms with Gasteiger partial charge in [0.15, 0.2) is 0 Å². The maximum Gasteiger partial charge on any atom is 0.0321 e. The highest BCUT2D eigenvalue weighted by atomic mass is 35.5. The molecule has 0 aliphatic carbocycles. The maximum absolute atomic E-state index is 5.47. The molecule has 0 amide bonds. The van der Waals surface area contributed by atoms with Gasteiger partial charge in [0.05, 0.1) is 0 Å². The molecule has 0 N–H and O–H groups in total. The van der Waals surface area contributed by atoms with E-state index in [9.17, 15) is 0 Å². The predicted molar refractivity (Wildman–Crippen MR) is 34.3 cm³/mol. The lowest BCUT2D eigenvalue weighted by atomic mass is 10.2. The molecule has 0 aromatic rings. The molecule has 0 bridgehead atoms. The van der Waals surface area contributed by atoms with E-state index in [2.05, 4.69) is 6.92 Å². The fraction of sp³-hybridized carbons (Fsp3) is 0.400. The summed E-state index contributed by atoms with van der Waals surface area (Å²) in [6.45, 7) is 5.50. The van der Waals surface area contributed by atoms with Crippen LogP contribution in [0.5, 0.6) is 0 Å². The van der Waals surface area contributed by atoms with Gasteiger partial charge in [-0.15, -0.1) is 0 Å². The topological polar surface area (TPSA) is 0 Å². The fourth-order valence-electron chi connectivity index (χ4n) is 0.108. The van der Waals surface area contributed by atoms with Crippen molar-refractivity contribution in [3.05, 3.63) is 17.5 Å². The van der Waals surface area contributed by atoms with Gasteiger partial charge < -0.3 is 0 Å². The van der Waals surface area contributed by atoms with Crippen molar-refractivity contribution in [3.63, 3.8) is 0 Å². The van der Waals surface area contributed by atoms with Gasteiger partial charge in [0.2, 0.25) is 0 Å². The highest BCUT2D eigenvalue weighted by molar-refractivity contribution is 6.36. The molecule has 0 saturated heterocycles. The van der Waals surface area contributed by atoms with Crippen molar-refractivity contribution in [2.45, 2.75) is 6.92 Å². The molecule has 0 saturated carbocycles. The van der Waals surface area contributed by atoms with Gasteiger partial charge in [0.25, 0.3) is 0 Å². The zero-order valence-electron chi connectivity index (χ0n) is 4.12. The summed E-state index contributed by atoms with van der Waals surface area (Å²) < 4.78 is 0. The molecule has 0 aliphatic rings. The molecule has 0 heterocycles. The first-order chi connectivity index (χ1) is 3.18. The van der Waals surface area contributed by atoms with Gasteiger partial charge in [0, 0.05) is 10.6 Å². The Bertz CT molecular complexity index is 74.1. The van der Waals surface area contributed by atoms with Gasteiger partial charge in [-0.05, 0) is 12.8 Å². The Morgan fingerprint density at radius 2 is 2.29 bits per heavy atom. The number of hydrogen-bond donors (Lipinski definition) is 0. The van der Waals surface area contributed by atoms with Crippen LogP contribution in [0.25, 0.3) is 0 Å². The molecular weight excluding hydrogens is 131 g/mol. The molecule has 0 spiro atoms. The second-order valence-corrected chi connectivity index (χ2v) is 2.05. The van der Waals surface area contributed by atoms with Crippen LogP contribution < -0.4 is 0 Å². The minimum Gasteiger partial charge on any atom is -0.0917 e. The minimum absolute atomic E-state index is 0.110. The second kappa shape index (κ2) is 3.34. The fourth-order valence-corrected chi connectivity index (χ4v) is 0.323. The lowest BCUT2D eigenvalue weighted by Crippen LogP contribution is -1.82. The molecule has 41 valence electrons. The Hall–Kier alpha value is 0.320. The van der Waals surface area contributed by atoms with Crippen molar-refractivity contribution in [2.75, 3.05) is 0 Å². The minimum atomic E-state index is 0.110. The zero-order chi connectivity index (χ0) is 5.86. The van der Waals surface area contributed by atoms with Gasteiger partial charge in [-0.3, -0.25) is 0 Å². The molecule has 7 heavy (non-hydrogen) atoms. The van der Waals surface area contributed by atoms with E-state index in [0.29, 0.717) is 5.03 Å². The van der Waals surface area contributed by atoms with E-state index in [1.165, 1.54) is 5.54 Å². The maximum atomic E-state index is 5.47. The van der Waals surface area contributed by atoms with Crippen molar-refractivity contribution in [2.24, 2.45) is 5.92 Å². The van der Waals surface area contributed by atoms with Crippen LogP contribution in [0.4, 0.5) is 0 Å². The number of hydrogen-bond acceptors (Lipinski definition) is 0. The van der Waals surface area contributed by atoms with Crippen LogP contribution in [0, 0.1) is 12.8 Å². The van der Waals surface area contributed by atoms with Gasteiger partial charge in [0.1, 0.15) is 0 Å². The summed E-state index contributed by atoms with van der Waals surface area (Å²) in [4.78, 5) is 0. The van der Waals surface area contributed by atoms with Gasteiger partial charge >= 0.3 is 0 Å². The Balaban J connectivity index is 3.56. The highest BCUT2D eigenvalue weighted by Crippen LogP contribution is 2.13. The van der Waals surface area contributed by atoms with Crippen LogP contribution in [0.3, 0.4) is 0 Å². The van der Waals surface area contributed by atoms with Crippen molar-refractivity contribution < 1.29 is 0 Å². The summed E-state index contributed by atoms with van der Waals surface area (Å²) in [6.07, 6.45) is 0. The second-order valence-electron chi connectivity index (χ2n) is 1.40. The molecule has 0 aliphatic heterocycles. The van der Waals surface area contributed by atoms with Crippen LogP contribution in [-0.2, 0) is 0 Å². The quantitative estimate of drug-likeness (QED) is 0.522. The van der Waals surface area contributed by atoms with E-state index in [4.69, 9.17) is 23.2 Å². The molecular formula is C5H7Cl2. The monoisotopic (exact) mass is 137 g/mol. The summed E-state index contributed by atoms with van der Waals surface area (Å²) in [5, 5.41) is 0.599. The smallest absolute Gasteiger partial charge is 0.0321 e. The zero-order valence-corrected chi connectivity index (χ0v) is 5.63. The van der Waals surface area contributed by atoms with Crippen molar-refractivity contribution in [3.8, 4) is 0 Å². The third-order valence-corrected chi connectivity index (χ3v) is 1.40. The third-order valence-electron chi connectivity index (χ3n) is 0.575. The Kier molecular flexibility index (Phi) is 3.49. The molecule has 0 rings (SSSR count). The van der Waals surface area contributed by atoms with E-state index in [-0.39, 0.29) is 5.92 Å². The van der Waals surface area contributed by atoms with Gasteiger partial charge in [-0.2, -0.15) is 0 Å². The average molecular weight is 138 g/mol. The summed E-state index contributed by atoms with van der Waals surface area (Å²) >= 11 is 10.7. The molecule has 2 heteroatoms. The average Bonchev–Trinajstić information content (AvgIpc) is 1.65. The van der Waals surface area contributed by atoms with Gasteiger partial charge in [-0.25, -0.2) is 0 Å². The summed E-state index contributed by atoms with van der Waals surface area (Å²) in [6, 6.07) is 0. The molecule has 0 fully saturated rings. The Labute approximate surface area is 54.1 Å². The number of halogens is 2. The van der Waals surface area contributed by atoms with E-state index in [1.54, 1.807) is 0 Å². The first-order valence-electron chi connectivity index (χ1n) is 1.97. The van der Waals surface area contributed by atoms with Gasteiger partial charge in [-0.1, -0.05) is 30.1 Å². The lowest BCUT2D eigenvalue weighted by molar-refractivity contribution is 0.917. The van der Waals surface area contributed by atoms with Crippen molar-refractivity contribution >= 4 is 23.2 Å². The Morgan fingerprint density at radius 3 is 2.29 bits per heavy atom. The first-order valence-corrected chi connectivity index (χ1v) is 2.78. The first kappa shape index (κ1) is 7.32. The van der Waals surface area contributed by atoms with E-state index in [1.807, 2.05) is 6.92 Å². The SMILES string of the molecule is [CH2]C(C)C(Cl)=CCl. The largest absolute Gasteiger partial charge is 0.0917 e. The summed E-state index contributed by atoms with van der Waals surface area (Å²) in [7, 11) is 0.